The van der Waals surface area contributed by atoms with Crippen molar-refractivity contribution in [3.63, 3.8) is 0 Å². The van der Waals surface area contributed by atoms with Gasteiger partial charge in [0.2, 0.25) is 0 Å². The van der Waals surface area contributed by atoms with Crippen LogP contribution in [0.25, 0.3) is 0 Å². The minimum atomic E-state index is 0.832. The van der Waals surface area contributed by atoms with Gasteiger partial charge in [0.1, 0.15) is 0 Å². The van der Waals surface area contributed by atoms with Crippen molar-refractivity contribution in [1.29, 1.82) is 0 Å². The van der Waals surface area contributed by atoms with Crippen LogP contribution in [0.1, 0.15) is 59.3 Å². The first-order chi connectivity index (χ1) is 9.15. The zero-order chi connectivity index (χ0) is 13.1. The normalized spacial score (nSPS) is 55.6. The third-order valence-electron chi connectivity index (χ3n) is 7.16. The van der Waals surface area contributed by atoms with Gasteiger partial charge in [0, 0.05) is 12.1 Å². The lowest BCUT2D eigenvalue weighted by Gasteiger charge is -2.38. The molecule has 0 aliphatic heterocycles. The van der Waals surface area contributed by atoms with E-state index in [1.165, 1.54) is 19.3 Å². The second-order valence-corrected chi connectivity index (χ2v) is 8.61. The Morgan fingerprint density at radius 3 is 2.21 bits per heavy atom. The fraction of sp³-hybridized carbons (Fsp3) is 1.00. The highest BCUT2D eigenvalue weighted by Crippen LogP contribution is 2.65. The maximum atomic E-state index is 4.16. The summed E-state index contributed by atoms with van der Waals surface area (Å²) in [6.07, 6.45) is 9.06. The van der Waals surface area contributed by atoms with Crippen LogP contribution in [-0.2, 0) is 0 Å². The van der Waals surface area contributed by atoms with Gasteiger partial charge in [0.15, 0.2) is 0 Å². The first-order valence-electron chi connectivity index (χ1n) is 8.91. The molecule has 4 aliphatic carbocycles. The molecule has 1 N–H and O–H groups in total. The average molecular weight is 261 g/mol. The van der Waals surface area contributed by atoms with Gasteiger partial charge in [0.25, 0.3) is 0 Å². The zero-order valence-corrected chi connectivity index (χ0v) is 12.9. The van der Waals surface area contributed by atoms with Crippen LogP contribution in [-0.4, -0.2) is 12.1 Å². The predicted octanol–water partition coefficient (Wildman–Crippen LogP) is 4.08. The van der Waals surface area contributed by atoms with Gasteiger partial charge in [-0.15, -0.1) is 0 Å². The second-order valence-electron chi connectivity index (χ2n) is 8.61. The molecule has 0 radical (unpaired) electrons. The summed E-state index contributed by atoms with van der Waals surface area (Å²) < 4.78 is 0. The van der Waals surface area contributed by atoms with Gasteiger partial charge in [-0.25, -0.2) is 0 Å². The van der Waals surface area contributed by atoms with E-state index in [0.717, 1.165) is 53.5 Å². The summed E-state index contributed by atoms with van der Waals surface area (Å²) in [5.41, 5.74) is 0. The molecule has 108 valence electrons. The first-order valence-corrected chi connectivity index (χ1v) is 8.91. The van der Waals surface area contributed by atoms with E-state index in [9.17, 15) is 0 Å². The third-order valence-corrected chi connectivity index (χ3v) is 7.16. The maximum absolute atomic E-state index is 4.16. The number of hydrogen-bond donors (Lipinski definition) is 1. The van der Waals surface area contributed by atoms with E-state index in [0.29, 0.717) is 0 Å². The van der Waals surface area contributed by atoms with Crippen LogP contribution in [0, 0.1) is 41.4 Å². The predicted molar refractivity (Wildman–Crippen MR) is 79.9 cm³/mol. The highest BCUT2D eigenvalue weighted by atomic mass is 15.1. The Hall–Kier alpha value is -0.0400. The van der Waals surface area contributed by atoms with E-state index < -0.39 is 0 Å². The van der Waals surface area contributed by atoms with E-state index in [1.54, 1.807) is 19.3 Å². The standard InChI is InChI=1S/C18H31N/c1-10(2)14-7-4-11(3)8-15(14)19-18-16-12-5-6-13(9-12)17(16)18/h10-19H,4-9H2,1-3H3. The molecule has 0 aromatic carbocycles. The molecule has 2 bridgehead atoms. The van der Waals surface area contributed by atoms with Gasteiger partial charge in [-0.2, -0.15) is 0 Å². The first kappa shape index (κ1) is 12.7. The second kappa shape index (κ2) is 4.48. The lowest BCUT2D eigenvalue weighted by molar-refractivity contribution is 0.163. The molecule has 0 aromatic heterocycles. The molecule has 4 fully saturated rings. The molecule has 1 nitrogen and oxygen atoms in total. The van der Waals surface area contributed by atoms with Crippen molar-refractivity contribution in [2.45, 2.75) is 71.4 Å². The van der Waals surface area contributed by atoms with Crippen LogP contribution in [0.4, 0.5) is 0 Å². The quantitative estimate of drug-likeness (QED) is 0.807. The molecule has 19 heavy (non-hydrogen) atoms. The summed E-state index contributed by atoms with van der Waals surface area (Å²) in [4.78, 5) is 0. The highest BCUT2D eigenvalue weighted by Gasteiger charge is 2.65. The van der Waals surface area contributed by atoms with Crippen LogP contribution in [0.3, 0.4) is 0 Å². The summed E-state index contributed by atoms with van der Waals surface area (Å²) in [7, 11) is 0. The van der Waals surface area contributed by atoms with E-state index in [-0.39, 0.29) is 0 Å². The SMILES string of the molecule is CC1CCC(C(C)C)C(NC2C3C4CCC(C4)C23)C1. The largest absolute Gasteiger partial charge is 0.310 e. The van der Waals surface area contributed by atoms with E-state index in [2.05, 4.69) is 26.1 Å². The number of hydrogen-bond acceptors (Lipinski definition) is 1. The molecule has 0 saturated heterocycles. The van der Waals surface area contributed by atoms with Gasteiger partial charge in [0.05, 0.1) is 0 Å². The van der Waals surface area contributed by atoms with Crippen molar-refractivity contribution in [1.82, 2.24) is 5.32 Å². The smallest absolute Gasteiger partial charge is 0.0138 e. The molecular formula is C18H31N. The Bertz CT molecular complexity index is 334. The topological polar surface area (TPSA) is 12.0 Å². The van der Waals surface area contributed by atoms with Crippen LogP contribution in [0.5, 0.6) is 0 Å². The zero-order valence-electron chi connectivity index (χ0n) is 12.9. The Morgan fingerprint density at radius 1 is 0.895 bits per heavy atom. The molecule has 7 unspecified atom stereocenters. The molecule has 7 atom stereocenters. The monoisotopic (exact) mass is 261 g/mol. The van der Waals surface area contributed by atoms with E-state index in [4.69, 9.17) is 0 Å². The Balaban J connectivity index is 1.41. The van der Waals surface area contributed by atoms with Gasteiger partial charge in [-0.1, -0.05) is 27.2 Å². The van der Waals surface area contributed by atoms with Gasteiger partial charge >= 0.3 is 0 Å². The molecular weight excluding hydrogens is 230 g/mol. The third kappa shape index (κ3) is 1.99. The number of nitrogens with one attached hydrogen (secondary N) is 1. The van der Waals surface area contributed by atoms with Crippen molar-refractivity contribution in [2.24, 2.45) is 41.4 Å². The molecule has 4 aliphatic rings. The number of fused-ring (bicyclic) bond motifs is 5. The average Bonchev–Trinajstić information content (AvgIpc) is 2.78. The Labute approximate surface area is 118 Å². The summed E-state index contributed by atoms with van der Waals surface area (Å²) in [5, 5.41) is 4.16. The molecule has 0 aromatic rings. The maximum Gasteiger partial charge on any atom is 0.0138 e. The molecule has 1 heteroatoms. The fourth-order valence-electron chi connectivity index (χ4n) is 6.19. The van der Waals surface area contributed by atoms with E-state index >= 15 is 0 Å². The molecule has 4 rings (SSSR count). The van der Waals surface area contributed by atoms with Crippen LogP contribution < -0.4 is 5.32 Å². The minimum absolute atomic E-state index is 0.832. The summed E-state index contributed by atoms with van der Waals surface area (Å²) in [6.45, 7) is 7.34. The van der Waals surface area contributed by atoms with Crippen molar-refractivity contribution < 1.29 is 0 Å². The highest BCUT2D eigenvalue weighted by molar-refractivity contribution is 5.17. The molecule has 0 heterocycles. The Kier molecular flexibility index (Phi) is 2.99. The van der Waals surface area contributed by atoms with E-state index in [1.807, 2.05) is 0 Å². The van der Waals surface area contributed by atoms with Crippen LogP contribution >= 0.6 is 0 Å². The molecule has 0 spiro atoms. The van der Waals surface area contributed by atoms with Gasteiger partial charge in [-0.05, 0) is 73.5 Å². The molecule has 4 saturated carbocycles. The Morgan fingerprint density at radius 2 is 1.58 bits per heavy atom. The van der Waals surface area contributed by atoms with Crippen LogP contribution in [0.15, 0.2) is 0 Å². The summed E-state index contributed by atoms with van der Waals surface area (Å²) in [5.74, 6) is 7.18. The van der Waals surface area contributed by atoms with Crippen molar-refractivity contribution in [3.05, 3.63) is 0 Å². The van der Waals surface area contributed by atoms with Crippen molar-refractivity contribution in [3.8, 4) is 0 Å². The summed E-state index contributed by atoms with van der Waals surface area (Å²) >= 11 is 0. The lowest BCUT2D eigenvalue weighted by atomic mass is 9.74. The number of rotatable bonds is 3. The summed E-state index contributed by atoms with van der Waals surface area (Å²) in [6, 6.07) is 1.77. The fourth-order valence-corrected chi connectivity index (χ4v) is 6.19. The lowest BCUT2D eigenvalue weighted by Crippen LogP contribution is -2.45. The van der Waals surface area contributed by atoms with Gasteiger partial charge < -0.3 is 5.32 Å². The van der Waals surface area contributed by atoms with Crippen LogP contribution in [0.2, 0.25) is 0 Å². The minimum Gasteiger partial charge on any atom is -0.310 e. The van der Waals surface area contributed by atoms with Gasteiger partial charge in [-0.3, -0.25) is 0 Å². The van der Waals surface area contributed by atoms with Crippen molar-refractivity contribution in [2.75, 3.05) is 0 Å². The molecule has 0 amide bonds. The van der Waals surface area contributed by atoms with Crippen molar-refractivity contribution >= 4 is 0 Å².